The van der Waals surface area contributed by atoms with Gasteiger partial charge in [0.25, 0.3) is 5.91 Å². The lowest BCUT2D eigenvalue weighted by Gasteiger charge is -2.10. The molecule has 0 saturated heterocycles. The normalized spacial score (nSPS) is 10.0. The second kappa shape index (κ2) is 6.22. The van der Waals surface area contributed by atoms with Crippen LogP contribution in [-0.4, -0.2) is 11.8 Å². The van der Waals surface area contributed by atoms with Gasteiger partial charge in [0.2, 0.25) is 5.91 Å². The van der Waals surface area contributed by atoms with E-state index in [0.29, 0.717) is 16.9 Å². The molecule has 0 atom stereocenters. The molecule has 4 heteroatoms. The highest BCUT2D eigenvalue weighted by Crippen LogP contribution is 2.21. The fraction of sp³-hybridized carbons (Fsp3) is 0.176. The Morgan fingerprint density at radius 2 is 1.57 bits per heavy atom. The molecule has 2 rings (SSSR count). The van der Waals surface area contributed by atoms with E-state index in [-0.39, 0.29) is 11.8 Å². The number of carbonyl (C=O) groups is 2. The Balaban J connectivity index is 2.17. The van der Waals surface area contributed by atoms with Crippen LogP contribution in [0.25, 0.3) is 0 Å². The number of aryl methyl sites for hydroxylation is 2. The van der Waals surface area contributed by atoms with Crippen molar-refractivity contribution in [3.63, 3.8) is 0 Å². The second-order valence-corrected chi connectivity index (χ2v) is 5.03. The molecule has 2 amide bonds. The number of amides is 2. The third-order valence-electron chi connectivity index (χ3n) is 3.12. The number of carbonyl (C=O) groups excluding carboxylic acids is 2. The predicted octanol–water partition coefficient (Wildman–Crippen LogP) is 3.51. The van der Waals surface area contributed by atoms with Crippen LogP contribution in [0.3, 0.4) is 0 Å². The van der Waals surface area contributed by atoms with Crippen molar-refractivity contribution in [2.75, 3.05) is 10.6 Å². The largest absolute Gasteiger partial charge is 0.326 e. The van der Waals surface area contributed by atoms with Crippen molar-refractivity contribution in [3.05, 3.63) is 59.2 Å². The van der Waals surface area contributed by atoms with Crippen LogP contribution in [-0.2, 0) is 4.79 Å². The molecule has 108 valence electrons. The summed E-state index contributed by atoms with van der Waals surface area (Å²) in [5, 5.41) is 5.57. The smallest absolute Gasteiger partial charge is 0.255 e. The summed E-state index contributed by atoms with van der Waals surface area (Å²) in [6, 6.07) is 12.8. The second-order valence-electron chi connectivity index (χ2n) is 5.03. The van der Waals surface area contributed by atoms with Gasteiger partial charge in [0, 0.05) is 23.9 Å². The first-order valence-electron chi connectivity index (χ1n) is 6.72. The fourth-order valence-corrected chi connectivity index (χ4v) is 1.93. The lowest BCUT2D eigenvalue weighted by Crippen LogP contribution is -2.13. The molecule has 0 aromatic heterocycles. The Morgan fingerprint density at radius 1 is 0.905 bits per heavy atom. The van der Waals surface area contributed by atoms with Gasteiger partial charge in [-0.25, -0.2) is 0 Å². The van der Waals surface area contributed by atoms with E-state index in [2.05, 4.69) is 10.6 Å². The van der Waals surface area contributed by atoms with Gasteiger partial charge >= 0.3 is 0 Å². The van der Waals surface area contributed by atoms with Crippen molar-refractivity contribution in [1.82, 2.24) is 0 Å². The van der Waals surface area contributed by atoms with Gasteiger partial charge in [-0.1, -0.05) is 23.8 Å². The van der Waals surface area contributed by atoms with Gasteiger partial charge in [0.05, 0.1) is 0 Å². The van der Waals surface area contributed by atoms with E-state index in [0.717, 1.165) is 11.1 Å². The summed E-state index contributed by atoms with van der Waals surface area (Å²) in [4.78, 5) is 23.3. The van der Waals surface area contributed by atoms with Crippen molar-refractivity contribution in [2.45, 2.75) is 20.8 Å². The van der Waals surface area contributed by atoms with E-state index < -0.39 is 0 Å². The van der Waals surface area contributed by atoms with Gasteiger partial charge in [-0.3, -0.25) is 9.59 Å². The van der Waals surface area contributed by atoms with E-state index >= 15 is 0 Å². The van der Waals surface area contributed by atoms with Crippen molar-refractivity contribution in [2.24, 2.45) is 0 Å². The van der Waals surface area contributed by atoms with Gasteiger partial charge in [0.1, 0.15) is 0 Å². The van der Waals surface area contributed by atoms with E-state index in [1.807, 2.05) is 38.1 Å². The Labute approximate surface area is 124 Å². The summed E-state index contributed by atoms with van der Waals surface area (Å²) in [5.41, 5.74) is 4.00. The van der Waals surface area contributed by atoms with Crippen molar-refractivity contribution < 1.29 is 9.59 Å². The minimum atomic E-state index is -0.173. The average molecular weight is 282 g/mol. The van der Waals surface area contributed by atoms with Crippen LogP contribution in [0.1, 0.15) is 28.4 Å². The van der Waals surface area contributed by atoms with Crippen LogP contribution >= 0.6 is 0 Å². The highest BCUT2D eigenvalue weighted by atomic mass is 16.2. The van der Waals surface area contributed by atoms with Gasteiger partial charge in [-0.05, 0) is 43.7 Å². The summed E-state index contributed by atoms with van der Waals surface area (Å²) in [7, 11) is 0. The van der Waals surface area contributed by atoms with Gasteiger partial charge in [-0.15, -0.1) is 0 Å². The third-order valence-corrected chi connectivity index (χ3v) is 3.12. The molecule has 0 aliphatic rings. The highest BCUT2D eigenvalue weighted by molar-refractivity contribution is 6.04. The topological polar surface area (TPSA) is 58.2 Å². The summed E-state index contributed by atoms with van der Waals surface area (Å²) in [6.07, 6.45) is 0. The first kappa shape index (κ1) is 14.8. The number of nitrogens with one attached hydrogen (secondary N) is 2. The van der Waals surface area contributed by atoms with Crippen LogP contribution in [0.4, 0.5) is 11.4 Å². The minimum absolute atomic E-state index is 0.139. The Bertz CT molecular complexity index is 676. The Hall–Kier alpha value is -2.62. The summed E-state index contributed by atoms with van der Waals surface area (Å²) >= 11 is 0. The minimum Gasteiger partial charge on any atom is -0.326 e. The quantitative estimate of drug-likeness (QED) is 0.905. The molecule has 0 radical (unpaired) electrons. The molecule has 4 nitrogen and oxygen atoms in total. The molecule has 0 spiro atoms. The summed E-state index contributed by atoms with van der Waals surface area (Å²) in [6.45, 7) is 5.33. The highest BCUT2D eigenvalue weighted by Gasteiger charge is 2.07. The van der Waals surface area contributed by atoms with Gasteiger partial charge < -0.3 is 10.6 Å². The first-order chi connectivity index (χ1) is 9.95. The zero-order valence-corrected chi connectivity index (χ0v) is 12.4. The van der Waals surface area contributed by atoms with Gasteiger partial charge in [-0.2, -0.15) is 0 Å². The molecule has 2 N–H and O–H groups in total. The fourth-order valence-electron chi connectivity index (χ4n) is 1.93. The maximum absolute atomic E-state index is 12.1. The molecule has 2 aromatic carbocycles. The first-order valence-corrected chi connectivity index (χ1v) is 6.72. The summed E-state index contributed by atoms with van der Waals surface area (Å²) < 4.78 is 0. The Morgan fingerprint density at radius 3 is 2.19 bits per heavy atom. The molecule has 0 unspecified atom stereocenters. The standard InChI is InChI=1S/C17H18N2O2/c1-11-4-7-14(8-5-11)17(21)19-15-9-6-12(2)16(10-15)18-13(3)20/h4-10H,1-3H3,(H,18,20)(H,19,21). The van der Waals surface area contributed by atoms with E-state index in [1.54, 1.807) is 18.2 Å². The number of rotatable bonds is 3. The number of anilines is 2. The van der Waals surface area contributed by atoms with Crippen LogP contribution in [0.2, 0.25) is 0 Å². The molecular formula is C17H18N2O2. The average Bonchev–Trinajstić information content (AvgIpc) is 2.42. The number of benzene rings is 2. The molecule has 0 aliphatic heterocycles. The van der Waals surface area contributed by atoms with Crippen molar-refractivity contribution >= 4 is 23.2 Å². The zero-order valence-electron chi connectivity index (χ0n) is 12.4. The lowest BCUT2D eigenvalue weighted by atomic mass is 10.1. The van der Waals surface area contributed by atoms with Gasteiger partial charge in [0.15, 0.2) is 0 Å². The Kier molecular flexibility index (Phi) is 4.38. The number of hydrogen-bond acceptors (Lipinski definition) is 2. The molecule has 0 heterocycles. The van der Waals surface area contributed by atoms with E-state index in [9.17, 15) is 9.59 Å². The molecular weight excluding hydrogens is 264 g/mol. The molecule has 0 aliphatic carbocycles. The molecule has 2 aromatic rings. The predicted molar refractivity (Wildman–Crippen MR) is 84.6 cm³/mol. The monoisotopic (exact) mass is 282 g/mol. The maximum Gasteiger partial charge on any atom is 0.255 e. The van der Waals surface area contributed by atoms with Crippen LogP contribution < -0.4 is 10.6 Å². The molecule has 0 fully saturated rings. The maximum atomic E-state index is 12.1. The van der Waals surface area contributed by atoms with E-state index in [1.165, 1.54) is 6.92 Å². The van der Waals surface area contributed by atoms with E-state index in [4.69, 9.17) is 0 Å². The van der Waals surface area contributed by atoms with Crippen LogP contribution in [0.15, 0.2) is 42.5 Å². The molecule has 21 heavy (non-hydrogen) atoms. The van der Waals surface area contributed by atoms with Crippen molar-refractivity contribution in [1.29, 1.82) is 0 Å². The van der Waals surface area contributed by atoms with Crippen LogP contribution in [0.5, 0.6) is 0 Å². The van der Waals surface area contributed by atoms with Crippen molar-refractivity contribution in [3.8, 4) is 0 Å². The van der Waals surface area contributed by atoms with Crippen LogP contribution in [0, 0.1) is 13.8 Å². The lowest BCUT2D eigenvalue weighted by molar-refractivity contribution is -0.114. The molecule has 0 saturated carbocycles. The molecule has 0 bridgehead atoms. The number of hydrogen-bond donors (Lipinski definition) is 2. The SMILES string of the molecule is CC(=O)Nc1cc(NC(=O)c2ccc(C)cc2)ccc1C. The third kappa shape index (κ3) is 3.92. The zero-order chi connectivity index (χ0) is 15.4. The summed E-state index contributed by atoms with van der Waals surface area (Å²) in [5.74, 6) is -0.312.